The molecular formula is C18H25N3. The van der Waals surface area contributed by atoms with Gasteiger partial charge in [0.1, 0.15) is 0 Å². The van der Waals surface area contributed by atoms with Crippen LogP contribution in [0.15, 0.2) is 48.3 Å². The molecular weight excluding hydrogens is 258 g/mol. The van der Waals surface area contributed by atoms with Gasteiger partial charge in [0.15, 0.2) is 0 Å². The summed E-state index contributed by atoms with van der Waals surface area (Å²) in [5.74, 6) is 0.544. The molecule has 0 aliphatic heterocycles. The number of hydrogen-bond donors (Lipinski definition) is 1. The predicted molar refractivity (Wildman–Crippen MR) is 89.5 cm³/mol. The van der Waals surface area contributed by atoms with Gasteiger partial charge in [-0.2, -0.15) is 5.10 Å². The maximum absolute atomic E-state index is 4.25. The summed E-state index contributed by atoms with van der Waals surface area (Å²) in [5, 5.41) is 7.74. The highest BCUT2D eigenvalue weighted by Crippen LogP contribution is 2.16. The molecule has 0 radical (unpaired) electrons. The molecule has 3 nitrogen and oxygen atoms in total. The van der Waals surface area contributed by atoms with Gasteiger partial charge in [0, 0.05) is 25.0 Å². The van der Waals surface area contributed by atoms with Crippen molar-refractivity contribution >= 4 is 6.08 Å². The Labute approximate surface area is 127 Å². The first-order chi connectivity index (χ1) is 10.1. The molecule has 0 aliphatic rings. The van der Waals surface area contributed by atoms with Crippen molar-refractivity contribution in [2.24, 2.45) is 5.92 Å². The van der Waals surface area contributed by atoms with E-state index in [1.165, 1.54) is 11.1 Å². The molecule has 1 N–H and O–H groups in total. The number of nitrogens with one attached hydrogen (secondary N) is 1. The average molecular weight is 283 g/mol. The van der Waals surface area contributed by atoms with Crippen molar-refractivity contribution in [2.75, 3.05) is 6.54 Å². The highest BCUT2D eigenvalue weighted by Gasteiger charge is 2.05. The maximum atomic E-state index is 4.25. The second kappa shape index (κ2) is 7.23. The Hall–Kier alpha value is -1.87. The molecule has 2 aromatic rings. The Balaban J connectivity index is 2.14. The highest BCUT2D eigenvalue weighted by atomic mass is 15.3. The lowest BCUT2D eigenvalue weighted by molar-refractivity contribution is 0.593. The summed E-state index contributed by atoms with van der Waals surface area (Å²) >= 11 is 0. The zero-order valence-corrected chi connectivity index (χ0v) is 13.4. The molecule has 0 atom stereocenters. The van der Waals surface area contributed by atoms with Gasteiger partial charge in [-0.1, -0.05) is 51.5 Å². The monoisotopic (exact) mass is 283 g/mol. The Morgan fingerprint density at radius 3 is 2.43 bits per heavy atom. The third-order valence-corrected chi connectivity index (χ3v) is 3.47. The van der Waals surface area contributed by atoms with E-state index in [9.17, 15) is 0 Å². The molecule has 3 heteroatoms. The van der Waals surface area contributed by atoms with E-state index in [4.69, 9.17) is 0 Å². The van der Waals surface area contributed by atoms with E-state index in [2.05, 4.69) is 68.5 Å². The van der Waals surface area contributed by atoms with Gasteiger partial charge < -0.3 is 5.32 Å². The molecule has 0 unspecified atom stereocenters. The van der Waals surface area contributed by atoms with E-state index >= 15 is 0 Å². The molecule has 0 amide bonds. The zero-order valence-electron chi connectivity index (χ0n) is 13.4. The first kappa shape index (κ1) is 15.5. The third-order valence-electron chi connectivity index (χ3n) is 3.47. The van der Waals surface area contributed by atoms with Crippen molar-refractivity contribution < 1.29 is 0 Å². The van der Waals surface area contributed by atoms with Crippen LogP contribution < -0.4 is 5.32 Å². The van der Waals surface area contributed by atoms with Crippen LogP contribution in [-0.2, 0) is 0 Å². The molecule has 0 bridgehead atoms. The predicted octanol–water partition coefficient (Wildman–Crippen LogP) is 3.91. The van der Waals surface area contributed by atoms with Crippen molar-refractivity contribution in [3.8, 4) is 5.69 Å². The molecule has 0 saturated carbocycles. The van der Waals surface area contributed by atoms with Crippen molar-refractivity contribution in [1.82, 2.24) is 15.1 Å². The molecule has 0 spiro atoms. The summed E-state index contributed by atoms with van der Waals surface area (Å²) in [7, 11) is 0. The summed E-state index contributed by atoms with van der Waals surface area (Å²) in [6.45, 7) is 9.78. The average Bonchev–Trinajstić information content (AvgIpc) is 2.97. The van der Waals surface area contributed by atoms with E-state index in [-0.39, 0.29) is 0 Å². The fourth-order valence-electron chi connectivity index (χ4n) is 2.10. The van der Waals surface area contributed by atoms with Crippen LogP contribution in [0, 0.1) is 5.92 Å². The lowest BCUT2D eigenvalue weighted by atomic mass is 10.00. The van der Waals surface area contributed by atoms with Crippen LogP contribution in [0.1, 0.15) is 33.3 Å². The van der Waals surface area contributed by atoms with Gasteiger partial charge in [-0.15, -0.1) is 0 Å². The smallest absolute Gasteiger partial charge is 0.0645 e. The second-order valence-electron chi connectivity index (χ2n) is 5.95. The number of rotatable bonds is 6. The van der Waals surface area contributed by atoms with Gasteiger partial charge in [0.2, 0.25) is 0 Å². The number of hydrogen-bond acceptors (Lipinski definition) is 2. The zero-order chi connectivity index (χ0) is 15.2. The van der Waals surface area contributed by atoms with Crippen LogP contribution in [0.4, 0.5) is 0 Å². The van der Waals surface area contributed by atoms with E-state index in [1.807, 2.05) is 16.9 Å². The van der Waals surface area contributed by atoms with Crippen LogP contribution in [0.5, 0.6) is 0 Å². The molecule has 1 aromatic heterocycles. The molecule has 0 aliphatic carbocycles. The van der Waals surface area contributed by atoms with Crippen LogP contribution in [0.2, 0.25) is 0 Å². The van der Waals surface area contributed by atoms with Crippen molar-refractivity contribution in [3.05, 3.63) is 53.9 Å². The standard InChI is InChI=1S/C18H25N3/c1-14(2)17(13-19-15(3)4)12-16-6-8-18(9-7-16)21-11-5-10-20-21/h5-12,14-15,19H,13H2,1-4H3. The molecule has 2 rings (SSSR count). The molecule has 0 saturated heterocycles. The van der Waals surface area contributed by atoms with Crippen LogP contribution >= 0.6 is 0 Å². The highest BCUT2D eigenvalue weighted by molar-refractivity contribution is 5.55. The van der Waals surface area contributed by atoms with Crippen molar-refractivity contribution in [2.45, 2.75) is 33.7 Å². The van der Waals surface area contributed by atoms with E-state index in [0.29, 0.717) is 12.0 Å². The quantitative estimate of drug-likeness (QED) is 0.871. The molecule has 0 fully saturated rings. The first-order valence-corrected chi connectivity index (χ1v) is 7.60. The Bertz CT molecular complexity index is 563. The third kappa shape index (κ3) is 4.57. The summed E-state index contributed by atoms with van der Waals surface area (Å²) < 4.78 is 1.87. The minimum absolute atomic E-state index is 0.509. The maximum Gasteiger partial charge on any atom is 0.0645 e. The summed E-state index contributed by atoms with van der Waals surface area (Å²) in [4.78, 5) is 0. The summed E-state index contributed by atoms with van der Waals surface area (Å²) in [6, 6.07) is 10.9. The largest absolute Gasteiger partial charge is 0.311 e. The van der Waals surface area contributed by atoms with E-state index in [0.717, 1.165) is 12.2 Å². The van der Waals surface area contributed by atoms with Gasteiger partial charge >= 0.3 is 0 Å². The summed E-state index contributed by atoms with van der Waals surface area (Å²) in [6.07, 6.45) is 6.03. The van der Waals surface area contributed by atoms with Gasteiger partial charge in [-0.25, -0.2) is 4.68 Å². The number of aromatic nitrogens is 2. The van der Waals surface area contributed by atoms with E-state index in [1.54, 1.807) is 6.20 Å². The van der Waals surface area contributed by atoms with Crippen molar-refractivity contribution in [3.63, 3.8) is 0 Å². The van der Waals surface area contributed by atoms with Crippen LogP contribution in [0.25, 0.3) is 11.8 Å². The number of nitrogens with zero attached hydrogens (tertiary/aromatic N) is 2. The van der Waals surface area contributed by atoms with Gasteiger partial charge in [0.05, 0.1) is 5.69 Å². The minimum Gasteiger partial charge on any atom is -0.311 e. The minimum atomic E-state index is 0.509. The van der Waals surface area contributed by atoms with Gasteiger partial charge in [-0.05, 0) is 29.7 Å². The molecule has 1 aromatic carbocycles. The van der Waals surface area contributed by atoms with Gasteiger partial charge in [-0.3, -0.25) is 0 Å². The Kier molecular flexibility index (Phi) is 5.34. The normalized spacial score (nSPS) is 12.4. The van der Waals surface area contributed by atoms with E-state index < -0.39 is 0 Å². The number of benzene rings is 1. The fourth-order valence-corrected chi connectivity index (χ4v) is 2.10. The SMILES string of the molecule is CC(C)NCC(=Cc1ccc(-n2cccn2)cc1)C(C)C. The lowest BCUT2D eigenvalue weighted by Gasteiger charge is -2.15. The molecule has 21 heavy (non-hydrogen) atoms. The Morgan fingerprint density at radius 1 is 1.19 bits per heavy atom. The Morgan fingerprint density at radius 2 is 1.90 bits per heavy atom. The topological polar surface area (TPSA) is 29.9 Å². The lowest BCUT2D eigenvalue weighted by Crippen LogP contribution is -2.26. The van der Waals surface area contributed by atoms with Crippen molar-refractivity contribution in [1.29, 1.82) is 0 Å². The first-order valence-electron chi connectivity index (χ1n) is 7.60. The molecule has 112 valence electrons. The summed E-state index contributed by atoms with van der Waals surface area (Å²) in [5.41, 5.74) is 3.75. The molecule has 1 heterocycles. The fraction of sp³-hybridized carbons (Fsp3) is 0.389. The van der Waals surface area contributed by atoms with Gasteiger partial charge in [0.25, 0.3) is 0 Å². The second-order valence-corrected chi connectivity index (χ2v) is 5.95. The van der Waals surface area contributed by atoms with Crippen LogP contribution in [0.3, 0.4) is 0 Å². The van der Waals surface area contributed by atoms with Crippen LogP contribution in [-0.4, -0.2) is 22.4 Å².